The third-order valence-corrected chi connectivity index (χ3v) is 3.77. The van der Waals surface area contributed by atoms with E-state index in [1.807, 2.05) is 0 Å². The summed E-state index contributed by atoms with van der Waals surface area (Å²) < 4.78 is 23.4. The molecule has 1 aromatic heterocycles. The molecule has 26 heavy (non-hydrogen) atoms. The van der Waals surface area contributed by atoms with Gasteiger partial charge in [0.05, 0.1) is 18.2 Å². The summed E-state index contributed by atoms with van der Waals surface area (Å²) >= 11 is 0. The Morgan fingerprint density at radius 3 is 2.62 bits per heavy atom. The maximum atomic E-state index is 13.4. The molecule has 0 fully saturated rings. The topological polar surface area (TPSA) is 85.5 Å². The molecule has 1 N–H and O–H groups in total. The number of Topliss-reactive ketones (excluding diaryl/α,β-unsaturated/α-hetero) is 1. The minimum absolute atomic E-state index is 0.0314. The summed E-state index contributed by atoms with van der Waals surface area (Å²) in [4.78, 5) is 38.9. The zero-order valence-corrected chi connectivity index (χ0v) is 13.7. The van der Waals surface area contributed by atoms with Gasteiger partial charge >= 0.3 is 5.97 Å². The molecule has 3 rings (SSSR count). The molecule has 0 bridgehead atoms. The second kappa shape index (κ2) is 7.18. The number of nitrogens with one attached hydrogen (secondary N) is 1. The number of carbonyl (C=O) groups is 2. The van der Waals surface area contributed by atoms with Crippen LogP contribution in [0.4, 0.5) is 4.39 Å². The van der Waals surface area contributed by atoms with E-state index in [0.29, 0.717) is 10.9 Å². The van der Waals surface area contributed by atoms with Crippen molar-refractivity contribution in [2.75, 3.05) is 13.7 Å². The number of halogens is 1. The van der Waals surface area contributed by atoms with Gasteiger partial charge in [-0.05, 0) is 24.3 Å². The van der Waals surface area contributed by atoms with Crippen LogP contribution in [-0.4, -0.2) is 30.5 Å². The first kappa shape index (κ1) is 17.3. The van der Waals surface area contributed by atoms with E-state index in [-0.39, 0.29) is 16.9 Å². The van der Waals surface area contributed by atoms with E-state index in [0.717, 1.165) is 18.2 Å². The number of H-pyrrole nitrogens is 1. The van der Waals surface area contributed by atoms with Gasteiger partial charge in [-0.2, -0.15) is 0 Å². The van der Waals surface area contributed by atoms with Crippen LogP contribution in [0, 0.1) is 5.82 Å². The van der Waals surface area contributed by atoms with Gasteiger partial charge in [-0.1, -0.05) is 18.2 Å². The average molecular weight is 355 g/mol. The molecule has 0 unspecified atom stereocenters. The number of fused-ring (bicyclic) bond motifs is 1. The molecule has 0 saturated carbocycles. The lowest BCUT2D eigenvalue weighted by atomic mass is 10.1. The number of hydrogen-bond donors (Lipinski definition) is 1. The number of ketones is 1. The van der Waals surface area contributed by atoms with Gasteiger partial charge in [0.15, 0.2) is 6.61 Å². The first-order valence-electron chi connectivity index (χ1n) is 7.65. The molecule has 1 heterocycles. The Kier molecular flexibility index (Phi) is 4.79. The standard InChI is InChI=1S/C19H14FNO5/c1-25-17-7-6-11(20)8-14(17)16(22)10-26-19(24)13-9-18(23)21-15-5-3-2-4-12(13)15/h2-9H,10H2,1H3,(H,21,23). The first-order valence-corrected chi connectivity index (χ1v) is 7.65. The van der Waals surface area contributed by atoms with Crippen molar-refractivity contribution in [2.45, 2.75) is 0 Å². The highest BCUT2D eigenvalue weighted by atomic mass is 19.1. The van der Waals surface area contributed by atoms with E-state index in [2.05, 4.69) is 4.98 Å². The van der Waals surface area contributed by atoms with Gasteiger partial charge in [-0.15, -0.1) is 0 Å². The first-order chi connectivity index (χ1) is 12.5. The molecule has 0 aliphatic carbocycles. The average Bonchev–Trinajstić information content (AvgIpc) is 2.65. The summed E-state index contributed by atoms with van der Waals surface area (Å²) in [5.41, 5.74) is 0.0262. The zero-order valence-electron chi connectivity index (χ0n) is 13.7. The van der Waals surface area contributed by atoms with Crippen LogP contribution >= 0.6 is 0 Å². The summed E-state index contributed by atoms with van der Waals surface area (Å²) in [5, 5.41) is 0.493. The number of pyridine rings is 1. The Morgan fingerprint density at radius 2 is 1.85 bits per heavy atom. The third kappa shape index (κ3) is 3.46. The molecular formula is C19H14FNO5. The fourth-order valence-corrected chi connectivity index (χ4v) is 2.56. The Balaban J connectivity index is 1.83. The van der Waals surface area contributed by atoms with Gasteiger partial charge in [0.2, 0.25) is 11.3 Å². The van der Waals surface area contributed by atoms with Crippen LogP contribution in [0.3, 0.4) is 0 Å². The summed E-state index contributed by atoms with van der Waals surface area (Å²) in [6.45, 7) is -0.611. The monoisotopic (exact) mass is 355 g/mol. The highest BCUT2D eigenvalue weighted by molar-refractivity contribution is 6.05. The summed E-state index contributed by atoms with van der Waals surface area (Å²) in [6.07, 6.45) is 0. The smallest absolute Gasteiger partial charge is 0.339 e. The van der Waals surface area contributed by atoms with Crippen LogP contribution in [0.25, 0.3) is 10.9 Å². The van der Waals surface area contributed by atoms with E-state index in [1.54, 1.807) is 24.3 Å². The number of aromatic nitrogens is 1. The van der Waals surface area contributed by atoms with Gasteiger partial charge in [0.25, 0.3) is 0 Å². The van der Waals surface area contributed by atoms with E-state index in [4.69, 9.17) is 9.47 Å². The molecular weight excluding hydrogens is 341 g/mol. The molecule has 132 valence electrons. The van der Waals surface area contributed by atoms with Crippen LogP contribution in [0.5, 0.6) is 5.75 Å². The van der Waals surface area contributed by atoms with E-state index in [1.165, 1.54) is 13.2 Å². The van der Waals surface area contributed by atoms with E-state index >= 15 is 0 Å². The van der Waals surface area contributed by atoms with Crippen molar-refractivity contribution >= 4 is 22.7 Å². The van der Waals surface area contributed by atoms with Crippen molar-refractivity contribution in [3.05, 3.63) is 75.8 Å². The Morgan fingerprint density at radius 1 is 1.08 bits per heavy atom. The number of para-hydroxylation sites is 1. The minimum atomic E-state index is -0.823. The summed E-state index contributed by atoms with van der Waals surface area (Å²) in [6, 6.07) is 11.3. The highest BCUT2D eigenvalue weighted by Crippen LogP contribution is 2.20. The largest absolute Gasteiger partial charge is 0.496 e. The van der Waals surface area contributed by atoms with Crippen molar-refractivity contribution in [3.8, 4) is 5.75 Å². The third-order valence-electron chi connectivity index (χ3n) is 3.77. The van der Waals surface area contributed by atoms with Crippen molar-refractivity contribution in [1.29, 1.82) is 0 Å². The molecule has 0 spiro atoms. The van der Waals surface area contributed by atoms with Crippen LogP contribution in [0.15, 0.2) is 53.3 Å². The minimum Gasteiger partial charge on any atom is -0.496 e. The summed E-state index contributed by atoms with van der Waals surface area (Å²) in [5.74, 6) is -1.88. The van der Waals surface area contributed by atoms with Gasteiger partial charge in [0, 0.05) is 17.0 Å². The predicted molar refractivity (Wildman–Crippen MR) is 92.1 cm³/mol. The molecule has 0 saturated heterocycles. The lowest BCUT2D eigenvalue weighted by Crippen LogP contribution is -2.17. The summed E-state index contributed by atoms with van der Waals surface area (Å²) in [7, 11) is 1.35. The van der Waals surface area contributed by atoms with Gasteiger partial charge in [0.1, 0.15) is 11.6 Å². The number of aromatic amines is 1. The molecule has 0 aliphatic heterocycles. The molecule has 3 aromatic rings. The van der Waals surface area contributed by atoms with E-state index < -0.39 is 29.7 Å². The Labute approximate surface area is 147 Å². The van der Waals surface area contributed by atoms with E-state index in [9.17, 15) is 18.8 Å². The second-order valence-corrected chi connectivity index (χ2v) is 5.44. The Hall–Kier alpha value is -3.48. The number of hydrogen-bond acceptors (Lipinski definition) is 5. The Bertz CT molecular complexity index is 1060. The number of methoxy groups -OCH3 is 1. The van der Waals surface area contributed by atoms with Crippen molar-refractivity contribution in [3.63, 3.8) is 0 Å². The highest BCUT2D eigenvalue weighted by Gasteiger charge is 2.18. The SMILES string of the molecule is COc1ccc(F)cc1C(=O)COC(=O)c1cc(=O)[nH]c2ccccc12. The fourth-order valence-electron chi connectivity index (χ4n) is 2.56. The van der Waals surface area contributed by atoms with Gasteiger partial charge < -0.3 is 14.5 Å². The van der Waals surface area contributed by atoms with Crippen LogP contribution in [-0.2, 0) is 4.74 Å². The molecule has 2 aromatic carbocycles. The number of benzene rings is 2. The van der Waals surface area contributed by atoms with Crippen molar-refractivity contribution in [1.82, 2.24) is 4.98 Å². The van der Waals surface area contributed by atoms with Gasteiger partial charge in [-0.3, -0.25) is 9.59 Å². The van der Waals surface area contributed by atoms with Crippen molar-refractivity contribution < 1.29 is 23.5 Å². The number of carbonyl (C=O) groups excluding carboxylic acids is 2. The van der Waals surface area contributed by atoms with Gasteiger partial charge in [-0.25, -0.2) is 9.18 Å². The fraction of sp³-hybridized carbons (Fsp3) is 0.105. The molecule has 0 amide bonds. The molecule has 0 radical (unpaired) electrons. The van der Waals surface area contributed by atoms with Crippen LogP contribution < -0.4 is 10.3 Å². The molecule has 0 aliphatic rings. The number of rotatable bonds is 5. The number of ether oxygens (including phenoxy) is 2. The maximum absolute atomic E-state index is 13.4. The van der Waals surface area contributed by atoms with Crippen LogP contribution in [0.1, 0.15) is 20.7 Å². The normalized spacial score (nSPS) is 10.5. The maximum Gasteiger partial charge on any atom is 0.339 e. The quantitative estimate of drug-likeness (QED) is 0.562. The van der Waals surface area contributed by atoms with Crippen molar-refractivity contribution in [2.24, 2.45) is 0 Å². The predicted octanol–water partition coefficient (Wildman–Crippen LogP) is 2.72. The van der Waals surface area contributed by atoms with Crippen LogP contribution in [0.2, 0.25) is 0 Å². The molecule has 7 heteroatoms. The lowest BCUT2D eigenvalue weighted by molar-refractivity contribution is 0.0475. The molecule has 6 nitrogen and oxygen atoms in total. The second-order valence-electron chi connectivity index (χ2n) is 5.44. The zero-order chi connectivity index (χ0) is 18.7. The lowest BCUT2D eigenvalue weighted by Gasteiger charge is -2.09. The molecule has 0 atom stereocenters. The number of esters is 1.